The van der Waals surface area contributed by atoms with E-state index in [0.717, 1.165) is 36.4 Å². The van der Waals surface area contributed by atoms with Gasteiger partial charge in [-0.1, -0.05) is 40.9 Å². The predicted octanol–water partition coefficient (Wildman–Crippen LogP) is 5.47. The summed E-state index contributed by atoms with van der Waals surface area (Å²) in [7, 11) is 0. The third-order valence-electron chi connectivity index (χ3n) is 5.83. The van der Waals surface area contributed by atoms with Gasteiger partial charge in [-0.2, -0.15) is 0 Å². The highest BCUT2D eigenvalue weighted by molar-refractivity contribution is 7.22. The van der Waals surface area contributed by atoms with Crippen LogP contribution in [0.25, 0.3) is 20.4 Å². The molecule has 0 N–H and O–H groups in total. The molecule has 144 valence electrons. The van der Waals surface area contributed by atoms with Gasteiger partial charge in [0.1, 0.15) is 0 Å². The van der Waals surface area contributed by atoms with E-state index in [9.17, 15) is 0 Å². The van der Waals surface area contributed by atoms with E-state index in [4.69, 9.17) is 9.97 Å². The van der Waals surface area contributed by atoms with Crippen LogP contribution >= 0.6 is 22.7 Å². The van der Waals surface area contributed by atoms with E-state index >= 15 is 0 Å². The SMILES string of the molecule is Cc1ccc2sc(N3CCN(c4nc5c(C)ccc(C)c5s4)CC3)nc2c1C. The number of thiazole rings is 2. The van der Waals surface area contributed by atoms with Gasteiger partial charge in [0.15, 0.2) is 10.3 Å². The Hall–Kier alpha value is -2.18. The topological polar surface area (TPSA) is 32.3 Å². The number of nitrogens with zero attached hydrogens (tertiary/aromatic N) is 4. The maximum atomic E-state index is 4.97. The van der Waals surface area contributed by atoms with Crippen molar-refractivity contribution in [2.24, 2.45) is 0 Å². The van der Waals surface area contributed by atoms with Crippen molar-refractivity contribution >= 4 is 53.4 Å². The lowest BCUT2D eigenvalue weighted by Gasteiger charge is -2.34. The number of rotatable bonds is 2. The average molecular weight is 409 g/mol. The fraction of sp³-hybridized carbons (Fsp3) is 0.364. The summed E-state index contributed by atoms with van der Waals surface area (Å²) in [5, 5.41) is 2.31. The number of aromatic nitrogens is 2. The molecule has 1 aliphatic heterocycles. The fourth-order valence-electron chi connectivity index (χ4n) is 3.82. The predicted molar refractivity (Wildman–Crippen MR) is 123 cm³/mol. The zero-order chi connectivity index (χ0) is 19.4. The first-order valence-electron chi connectivity index (χ1n) is 9.74. The zero-order valence-corrected chi connectivity index (χ0v) is 18.4. The number of anilines is 2. The van der Waals surface area contributed by atoms with Crippen molar-refractivity contribution in [3.63, 3.8) is 0 Å². The van der Waals surface area contributed by atoms with Crippen molar-refractivity contribution in [2.45, 2.75) is 27.7 Å². The molecule has 0 saturated carbocycles. The quantitative estimate of drug-likeness (QED) is 0.440. The van der Waals surface area contributed by atoms with Crippen LogP contribution < -0.4 is 9.80 Å². The van der Waals surface area contributed by atoms with Crippen molar-refractivity contribution < 1.29 is 0 Å². The molecule has 1 aliphatic rings. The number of aryl methyl sites for hydroxylation is 4. The molecular weight excluding hydrogens is 384 g/mol. The summed E-state index contributed by atoms with van der Waals surface area (Å²) >= 11 is 3.65. The lowest BCUT2D eigenvalue weighted by molar-refractivity contribution is 0.651. The third-order valence-corrected chi connectivity index (χ3v) is 8.16. The maximum absolute atomic E-state index is 4.97. The summed E-state index contributed by atoms with van der Waals surface area (Å²) in [5.41, 5.74) is 7.54. The van der Waals surface area contributed by atoms with Crippen molar-refractivity contribution in [3.05, 3.63) is 46.5 Å². The fourth-order valence-corrected chi connectivity index (χ4v) is 6.06. The van der Waals surface area contributed by atoms with Crippen molar-refractivity contribution in [3.8, 4) is 0 Å². The molecule has 4 aromatic rings. The summed E-state index contributed by atoms with van der Waals surface area (Å²) in [6.07, 6.45) is 0. The molecule has 0 radical (unpaired) electrons. The molecule has 2 aromatic carbocycles. The van der Waals surface area contributed by atoms with Gasteiger partial charge in [0.2, 0.25) is 0 Å². The maximum Gasteiger partial charge on any atom is 0.186 e. The van der Waals surface area contributed by atoms with Gasteiger partial charge in [-0.25, -0.2) is 9.97 Å². The Kier molecular flexibility index (Phi) is 4.29. The van der Waals surface area contributed by atoms with Crippen molar-refractivity contribution in [1.29, 1.82) is 0 Å². The first-order chi connectivity index (χ1) is 13.5. The Labute approximate surface area is 173 Å². The highest BCUT2D eigenvalue weighted by Gasteiger charge is 2.23. The highest BCUT2D eigenvalue weighted by Crippen LogP contribution is 2.35. The average Bonchev–Trinajstić information content (AvgIpc) is 3.34. The zero-order valence-electron chi connectivity index (χ0n) is 16.7. The van der Waals surface area contributed by atoms with E-state index in [-0.39, 0.29) is 0 Å². The smallest absolute Gasteiger partial charge is 0.186 e. The van der Waals surface area contributed by atoms with Crippen LogP contribution in [-0.4, -0.2) is 36.1 Å². The molecular formula is C22H24N4S2. The van der Waals surface area contributed by atoms with Crippen LogP contribution in [0.5, 0.6) is 0 Å². The van der Waals surface area contributed by atoms with E-state index in [1.165, 1.54) is 42.7 Å². The molecule has 0 amide bonds. The molecule has 1 fully saturated rings. The second kappa shape index (κ2) is 6.71. The normalized spacial score (nSPS) is 15.1. The number of benzene rings is 2. The van der Waals surface area contributed by atoms with Crippen LogP contribution in [0.2, 0.25) is 0 Å². The van der Waals surface area contributed by atoms with Gasteiger partial charge in [0.05, 0.1) is 20.4 Å². The molecule has 2 aromatic heterocycles. The van der Waals surface area contributed by atoms with E-state index in [1.54, 1.807) is 0 Å². The van der Waals surface area contributed by atoms with Gasteiger partial charge in [0.25, 0.3) is 0 Å². The molecule has 1 saturated heterocycles. The van der Waals surface area contributed by atoms with Gasteiger partial charge in [-0.15, -0.1) is 0 Å². The monoisotopic (exact) mass is 408 g/mol. The first kappa shape index (κ1) is 17.9. The number of piperazine rings is 1. The number of hydrogen-bond acceptors (Lipinski definition) is 6. The van der Waals surface area contributed by atoms with Gasteiger partial charge in [-0.3, -0.25) is 0 Å². The van der Waals surface area contributed by atoms with Gasteiger partial charge in [0, 0.05) is 26.2 Å². The minimum atomic E-state index is 0.992. The van der Waals surface area contributed by atoms with Crippen LogP contribution in [0.1, 0.15) is 22.3 Å². The molecule has 0 aliphatic carbocycles. The number of fused-ring (bicyclic) bond motifs is 2. The molecule has 0 atom stereocenters. The molecule has 28 heavy (non-hydrogen) atoms. The Balaban J connectivity index is 1.37. The summed E-state index contributed by atoms with van der Waals surface area (Å²) in [5.74, 6) is 0. The first-order valence-corrected chi connectivity index (χ1v) is 11.4. The Morgan fingerprint density at radius 2 is 1.25 bits per heavy atom. The molecule has 4 nitrogen and oxygen atoms in total. The van der Waals surface area contributed by atoms with Crippen LogP contribution in [0.3, 0.4) is 0 Å². The molecule has 0 spiro atoms. The van der Waals surface area contributed by atoms with Crippen LogP contribution in [0.15, 0.2) is 24.3 Å². The standard InChI is InChI=1S/C22H24N4S2/c1-13-7-8-17-19(16(13)4)24-21(27-17)25-9-11-26(12-10-25)22-23-18-14(2)5-6-15(3)20(18)28-22/h5-8H,9-12H2,1-4H3. The van der Waals surface area contributed by atoms with E-state index in [2.05, 4.69) is 61.8 Å². The lowest BCUT2D eigenvalue weighted by atomic mass is 10.1. The summed E-state index contributed by atoms with van der Waals surface area (Å²) in [4.78, 5) is 14.8. The Morgan fingerprint density at radius 1 is 0.679 bits per heavy atom. The van der Waals surface area contributed by atoms with E-state index in [0.29, 0.717) is 0 Å². The molecule has 3 heterocycles. The largest absolute Gasteiger partial charge is 0.345 e. The number of hydrogen-bond donors (Lipinski definition) is 0. The lowest BCUT2D eigenvalue weighted by Crippen LogP contribution is -2.46. The van der Waals surface area contributed by atoms with Crippen molar-refractivity contribution in [2.75, 3.05) is 36.0 Å². The highest BCUT2D eigenvalue weighted by atomic mass is 32.1. The second-order valence-corrected chi connectivity index (χ2v) is 9.68. The van der Waals surface area contributed by atoms with Crippen LogP contribution in [0, 0.1) is 27.7 Å². The Morgan fingerprint density at radius 3 is 1.93 bits per heavy atom. The third kappa shape index (κ3) is 2.86. The van der Waals surface area contributed by atoms with Crippen molar-refractivity contribution in [1.82, 2.24) is 9.97 Å². The van der Waals surface area contributed by atoms with Crippen LogP contribution in [0.4, 0.5) is 10.3 Å². The summed E-state index contributed by atoms with van der Waals surface area (Å²) < 4.78 is 2.62. The minimum absolute atomic E-state index is 0.992. The molecule has 0 unspecified atom stereocenters. The van der Waals surface area contributed by atoms with Gasteiger partial charge >= 0.3 is 0 Å². The Bertz CT molecular complexity index is 1140. The van der Waals surface area contributed by atoms with E-state index in [1.807, 2.05) is 22.7 Å². The van der Waals surface area contributed by atoms with Gasteiger partial charge in [-0.05, 0) is 56.0 Å². The minimum Gasteiger partial charge on any atom is -0.345 e. The molecule has 5 rings (SSSR count). The van der Waals surface area contributed by atoms with Crippen LogP contribution in [-0.2, 0) is 0 Å². The summed E-state index contributed by atoms with van der Waals surface area (Å²) in [6.45, 7) is 12.6. The van der Waals surface area contributed by atoms with Gasteiger partial charge < -0.3 is 9.80 Å². The summed E-state index contributed by atoms with van der Waals surface area (Å²) in [6, 6.07) is 8.79. The second-order valence-electron chi connectivity index (χ2n) is 7.70. The molecule has 0 bridgehead atoms. The molecule has 6 heteroatoms. The van der Waals surface area contributed by atoms with E-state index < -0.39 is 0 Å².